The number of methoxy groups -OCH3 is 2. The minimum Gasteiger partial charge on any atom is -0.493 e. The van der Waals surface area contributed by atoms with Crippen molar-refractivity contribution in [3.8, 4) is 22.9 Å². The first kappa shape index (κ1) is 21.8. The van der Waals surface area contributed by atoms with Gasteiger partial charge in [-0.15, -0.1) is 0 Å². The van der Waals surface area contributed by atoms with Gasteiger partial charge in [0.15, 0.2) is 17.1 Å². The quantitative estimate of drug-likeness (QED) is 0.493. The molecule has 0 atom stereocenters. The van der Waals surface area contributed by atoms with Crippen LogP contribution < -0.4 is 14.2 Å². The average molecular weight is 453 g/mol. The molecule has 5 rings (SSSR count). The lowest BCUT2D eigenvalue weighted by Gasteiger charge is -2.45. The molecule has 174 valence electrons. The van der Waals surface area contributed by atoms with E-state index in [1.807, 2.05) is 24.4 Å². The fourth-order valence-corrected chi connectivity index (χ4v) is 4.85. The van der Waals surface area contributed by atoms with Crippen molar-refractivity contribution in [1.82, 2.24) is 9.47 Å². The van der Waals surface area contributed by atoms with Crippen LogP contribution in [0.25, 0.3) is 5.69 Å². The molecule has 1 spiro atoms. The highest BCUT2D eigenvalue weighted by Crippen LogP contribution is 2.45. The van der Waals surface area contributed by atoms with Gasteiger partial charge in [0, 0.05) is 51.8 Å². The Hall–Kier alpha value is -3.03. The monoisotopic (exact) mass is 452 g/mol. The van der Waals surface area contributed by atoms with Crippen LogP contribution in [0.1, 0.15) is 24.1 Å². The van der Waals surface area contributed by atoms with Crippen LogP contribution >= 0.6 is 0 Å². The van der Waals surface area contributed by atoms with Crippen LogP contribution in [0.5, 0.6) is 17.2 Å². The van der Waals surface area contributed by atoms with Crippen molar-refractivity contribution in [2.45, 2.75) is 25.0 Å². The van der Waals surface area contributed by atoms with Gasteiger partial charge in [0.25, 0.3) is 0 Å². The standard InChI is InChI=1S/C26H29FN2O4/c1-30-14-15-32-22-8-5-19(16-24(22)31-2)18-28-12-9-26(10-13-28)25-4-3-11-29(25)21-7-6-20(27)17-23(21)33-26/h3-8,11,16-17H,9-10,12-15,18H2,1-2H3. The van der Waals surface area contributed by atoms with Crippen molar-refractivity contribution < 1.29 is 23.3 Å². The Bertz CT molecular complexity index is 1120. The molecule has 6 nitrogen and oxygen atoms in total. The molecule has 0 saturated carbocycles. The summed E-state index contributed by atoms with van der Waals surface area (Å²) >= 11 is 0. The minimum absolute atomic E-state index is 0.277. The summed E-state index contributed by atoms with van der Waals surface area (Å²) in [6, 6.07) is 15.0. The Balaban J connectivity index is 1.28. The molecule has 2 aliphatic rings. The highest BCUT2D eigenvalue weighted by molar-refractivity contribution is 5.52. The number of ether oxygens (including phenoxy) is 4. The van der Waals surface area contributed by atoms with Gasteiger partial charge >= 0.3 is 0 Å². The molecule has 2 aromatic carbocycles. The molecule has 1 aromatic heterocycles. The number of aromatic nitrogens is 1. The van der Waals surface area contributed by atoms with Gasteiger partial charge in [0.05, 0.1) is 25.1 Å². The molecular weight excluding hydrogens is 423 g/mol. The van der Waals surface area contributed by atoms with Gasteiger partial charge < -0.3 is 23.5 Å². The van der Waals surface area contributed by atoms with Gasteiger partial charge in [0.1, 0.15) is 18.2 Å². The lowest BCUT2D eigenvalue weighted by Crippen LogP contribution is -2.48. The third kappa shape index (κ3) is 4.18. The zero-order chi connectivity index (χ0) is 22.8. The Labute approximate surface area is 193 Å². The summed E-state index contributed by atoms with van der Waals surface area (Å²) in [6.45, 7) is 3.59. The van der Waals surface area contributed by atoms with Crippen molar-refractivity contribution in [2.24, 2.45) is 0 Å². The predicted octanol–water partition coefficient (Wildman–Crippen LogP) is 4.53. The summed E-state index contributed by atoms with van der Waals surface area (Å²) in [4.78, 5) is 2.42. The Kier molecular flexibility index (Phi) is 6.00. The molecule has 0 unspecified atom stereocenters. The molecule has 3 heterocycles. The number of halogens is 1. The van der Waals surface area contributed by atoms with Gasteiger partial charge in [-0.2, -0.15) is 0 Å². The third-order valence-electron chi connectivity index (χ3n) is 6.55. The minimum atomic E-state index is -0.433. The molecule has 2 aliphatic heterocycles. The van der Waals surface area contributed by atoms with Crippen LogP contribution in [-0.2, 0) is 16.9 Å². The largest absolute Gasteiger partial charge is 0.493 e. The van der Waals surface area contributed by atoms with Crippen LogP contribution in [0, 0.1) is 5.82 Å². The van der Waals surface area contributed by atoms with E-state index in [0.717, 1.165) is 55.4 Å². The highest BCUT2D eigenvalue weighted by atomic mass is 19.1. The maximum absolute atomic E-state index is 13.9. The van der Waals surface area contributed by atoms with E-state index >= 15 is 0 Å². The first-order valence-corrected chi connectivity index (χ1v) is 11.3. The number of hydrogen-bond acceptors (Lipinski definition) is 5. The van der Waals surface area contributed by atoms with Crippen molar-refractivity contribution >= 4 is 0 Å². The van der Waals surface area contributed by atoms with E-state index in [0.29, 0.717) is 19.0 Å². The number of fused-ring (bicyclic) bond motifs is 4. The Morgan fingerprint density at radius 1 is 1.00 bits per heavy atom. The second kappa shape index (κ2) is 9.08. The van der Waals surface area contributed by atoms with E-state index in [2.05, 4.69) is 21.6 Å². The molecule has 3 aromatic rings. The number of likely N-dealkylation sites (tertiary alicyclic amines) is 1. The zero-order valence-corrected chi connectivity index (χ0v) is 19.1. The fraction of sp³-hybridized carbons (Fsp3) is 0.385. The maximum Gasteiger partial charge on any atom is 0.161 e. The lowest BCUT2D eigenvalue weighted by molar-refractivity contribution is -0.0153. The van der Waals surface area contributed by atoms with Crippen molar-refractivity contribution in [3.05, 3.63) is 71.8 Å². The number of hydrogen-bond donors (Lipinski definition) is 0. The summed E-state index contributed by atoms with van der Waals surface area (Å²) in [6.07, 6.45) is 3.70. The summed E-state index contributed by atoms with van der Waals surface area (Å²) in [5.74, 6) is 1.78. The van der Waals surface area contributed by atoms with E-state index in [9.17, 15) is 4.39 Å². The summed E-state index contributed by atoms with van der Waals surface area (Å²) in [5, 5.41) is 0. The van der Waals surface area contributed by atoms with E-state index in [-0.39, 0.29) is 5.82 Å². The van der Waals surface area contributed by atoms with Crippen LogP contribution in [0.2, 0.25) is 0 Å². The van der Waals surface area contributed by atoms with E-state index < -0.39 is 5.60 Å². The van der Waals surface area contributed by atoms with Gasteiger partial charge in [-0.3, -0.25) is 4.90 Å². The Morgan fingerprint density at radius 2 is 1.85 bits per heavy atom. The average Bonchev–Trinajstić information content (AvgIpc) is 3.33. The van der Waals surface area contributed by atoms with E-state index in [1.54, 1.807) is 20.3 Å². The SMILES string of the molecule is COCCOc1ccc(CN2CCC3(CC2)Oc2cc(F)ccc2-n2cccc23)cc1OC. The zero-order valence-electron chi connectivity index (χ0n) is 19.1. The van der Waals surface area contributed by atoms with Crippen LogP contribution in [0.4, 0.5) is 4.39 Å². The number of rotatable bonds is 7. The second-order valence-corrected chi connectivity index (χ2v) is 8.57. The highest BCUT2D eigenvalue weighted by Gasteiger charge is 2.43. The molecule has 1 fully saturated rings. The number of benzene rings is 2. The maximum atomic E-state index is 13.9. The third-order valence-corrected chi connectivity index (χ3v) is 6.55. The molecule has 0 amide bonds. The van der Waals surface area contributed by atoms with Gasteiger partial charge in [0.2, 0.25) is 0 Å². The number of piperidine rings is 1. The number of nitrogens with zero attached hydrogens (tertiary/aromatic N) is 2. The first-order chi connectivity index (χ1) is 16.1. The van der Waals surface area contributed by atoms with Crippen LogP contribution in [0.3, 0.4) is 0 Å². The second-order valence-electron chi connectivity index (χ2n) is 8.57. The summed E-state index contributed by atoms with van der Waals surface area (Å²) < 4.78 is 38.9. The summed E-state index contributed by atoms with van der Waals surface area (Å²) in [5.41, 5.74) is 2.77. The fourth-order valence-electron chi connectivity index (χ4n) is 4.85. The molecule has 7 heteroatoms. The van der Waals surface area contributed by atoms with Gasteiger partial charge in [-0.05, 0) is 42.0 Å². The Morgan fingerprint density at radius 3 is 2.64 bits per heavy atom. The molecule has 1 saturated heterocycles. The topological polar surface area (TPSA) is 45.1 Å². The van der Waals surface area contributed by atoms with Crippen molar-refractivity contribution in [2.75, 3.05) is 40.5 Å². The summed E-state index contributed by atoms with van der Waals surface area (Å²) in [7, 11) is 3.31. The van der Waals surface area contributed by atoms with E-state index in [4.69, 9.17) is 18.9 Å². The van der Waals surface area contributed by atoms with Gasteiger partial charge in [-0.1, -0.05) is 6.07 Å². The molecule has 33 heavy (non-hydrogen) atoms. The van der Waals surface area contributed by atoms with Crippen molar-refractivity contribution in [1.29, 1.82) is 0 Å². The van der Waals surface area contributed by atoms with E-state index in [1.165, 1.54) is 17.7 Å². The predicted molar refractivity (Wildman–Crippen MR) is 123 cm³/mol. The first-order valence-electron chi connectivity index (χ1n) is 11.3. The van der Waals surface area contributed by atoms with Crippen molar-refractivity contribution in [3.63, 3.8) is 0 Å². The molecule has 0 N–H and O–H groups in total. The van der Waals surface area contributed by atoms with Gasteiger partial charge in [-0.25, -0.2) is 4.39 Å². The molecule has 0 bridgehead atoms. The molecule has 0 radical (unpaired) electrons. The lowest BCUT2D eigenvalue weighted by atomic mass is 9.86. The molecule has 0 aliphatic carbocycles. The molecular formula is C26H29FN2O4. The van der Waals surface area contributed by atoms with Crippen LogP contribution in [-0.4, -0.2) is 50.0 Å². The normalized spacial score (nSPS) is 16.7. The smallest absolute Gasteiger partial charge is 0.161 e. The van der Waals surface area contributed by atoms with Crippen LogP contribution in [0.15, 0.2) is 54.7 Å².